The van der Waals surface area contributed by atoms with Crippen molar-refractivity contribution < 1.29 is 14.3 Å². The maximum atomic E-state index is 12.5. The molecular weight excluding hydrogens is 358 g/mol. The molecule has 0 saturated heterocycles. The monoisotopic (exact) mass is 377 g/mol. The second kappa shape index (κ2) is 8.96. The molecule has 0 aliphatic rings. The summed E-state index contributed by atoms with van der Waals surface area (Å²) in [7, 11) is 0. The lowest BCUT2D eigenvalue weighted by Gasteiger charge is -2.15. The molecule has 0 radical (unpaired) electrons. The number of rotatable bonds is 6. The molecule has 5 heteroatoms. The number of nitrogens with one attached hydrogen (secondary N) is 1. The van der Waals surface area contributed by atoms with Crippen LogP contribution in [0.15, 0.2) is 78.2 Å². The van der Waals surface area contributed by atoms with Crippen molar-refractivity contribution in [3.05, 3.63) is 83.1 Å². The van der Waals surface area contributed by atoms with Crippen LogP contribution in [0.1, 0.15) is 11.8 Å². The van der Waals surface area contributed by atoms with Gasteiger partial charge < -0.3 is 10.1 Å². The Hall–Kier alpha value is -3.18. The zero-order valence-corrected chi connectivity index (χ0v) is 15.6. The Morgan fingerprint density at radius 2 is 1.74 bits per heavy atom. The highest BCUT2D eigenvalue weighted by molar-refractivity contribution is 7.10. The Bertz CT molecular complexity index is 933. The summed E-state index contributed by atoms with van der Waals surface area (Å²) in [5.74, 6) is -0.932. The van der Waals surface area contributed by atoms with Crippen LogP contribution in [0, 0.1) is 0 Å². The first-order valence-electron chi connectivity index (χ1n) is 8.51. The van der Waals surface area contributed by atoms with E-state index in [1.165, 1.54) is 17.4 Å². The van der Waals surface area contributed by atoms with Crippen LogP contribution in [0.4, 0.5) is 5.69 Å². The number of benzene rings is 2. The van der Waals surface area contributed by atoms with Crippen molar-refractivity contribution in [2.75, 3.05) is 5.32 Å². The number of carbonyl (C=O) groups excluding carboxylic acids is 2. The minimum Gasteiger partial charge on any atom is -0.449 e. The molecule has 3 rings (SSSR count). The Morgan fingerprint density at radius 3 is 2.48 bits per heavy atom. The number of hydrogen-bond acceptors (Lipinski definition) is 4. The summed E-state index contributed by atoms with van der Waals surface area (Å²) in [6.45, 7) is 1.55. The summed E-state index contributed by atoms with van der Waals surface area (Å²) >= 11 is 1.52. The highest BCUT2D eigenvalue weighted by atomic mass is 32.1. The lowest BCUT2D eigenvalue weighted by atomic mass is 10.0. The molecule has 2 aromatic carbocycles. The molecule has 1 heterocycles. The number of esters is 1. The highest BCUT2D eigenvalue weighted by Gasteiger charge is 2.18. The zero-order chi connectivity index (χ0) is 19.1. The van der Waals surface area contributed by atoms with Crippen LogP contribution in [0.2, 0.25) is 0 Å². The Morgan fingerprint density at radius 1 is 1.00 bits per heavy atom. The van der Waals surface area contributed by atoms with Crippen LogP contribution >= 0.6 is 11.3 Å². The predicted molar refractivity (Wildman–Crippen MR) is 109 cm³/mol. The quantitative estimate of drug-likeness (QED) is 0.486. The van der Waals surface area contributed by atoms with E-state index < -0.39 is 12.1 Å². The average molecular weight is 377 g/mol. The van der Waals surface area contributed by atoms with Crippen molar-refractivity contribution in [3.8, 4) is 11.1 Å². The highest BCUT2D eigenvalue weighted by Crippen LogP contribution is 2.27. The smallest absolute Gasteiger partial charge is 0.331 e. The molecule has 0 aliphatic carbocycles. The van der Waals surface area contributed by atoms with Crippen molar-refractivity contribution in [3.63, 3.8) is 0 Å². The van der Waals surface area contributed by atoms with Crippen molar-refractivity contribution >= 4 is 35.0 Å². The minimum atomic E-state index is -0.908. The van der Waals surface area contributed by atoms with Gasteiger partial charge in [0.2, 0.25) is 0 Å². The number of anilines is 1. The predicted octanol–water partition coefficient (Wildman–Crippen LogP) is 5.00. The Balaban J connectivity index is 1.64. The van der Waals surface area contributed by atoms with Crippen LogP contribution < -0.4 is 5.32 Å². The molecule has 0 bridgehead atoms. The molecule has 1 aromatic heterocycles. The van der Waals surface area contributed by atoms with Crippen LogP contribution in [0.5, 0.6) is 0 Å². The van der Waals surface area contributed by atoms with Gasteiger partial charge in [-0.1, -0.05) is 54.6 Å². The van der Waals surface area contributed by atoms with Crippen molar-refractivity contribution in [1.82, 2.24) is 0 Å². The number of ether oxygens (including phenoxy) is 1. The first-order chi connectivity index (χ1) is 13.1. The van der Waals surface area contributed by atoms with Crippen LogP contribution in [0.3, 0.4) is 0 Å². The van der Waals surface area contributed by atoms with E-state index in [2.05, 4.69) is 5.32 Å². The van der Waals surface area contributed by atoms with E-state index in [1.807, 2.05) is 72.1 Å². The second-order valence-electron chi connectivity index (χ2n) is 5.83. The summed E-state index contributed by atoms with van der Waals surface area (Å²) < 4.78 is 5.20. The third-order valence-corrected chi connectivity index (χ3v) is 4.70. The molecule has 0 saturated carbocycles. The molecule has 3 aromatic rings. The van der Waals surface area contributed by atoms with Crippen molar-refractivity contribution in [2.45, 2.75) is 13.0 Å². The zero-order valence-electron chi connectivity index (χ0n) is 14.8. The lowest BCUT2D eigenvalue weighted by Crippen LogP contribution is -2.29. The molecule has 136 valence electrons. The maximum absolute atomic E-state index is 12.5. The minimum absolute atomic E-state index is 0.378. The topological polar surface area (TPSA) is 55.4 Å². The van der Waals surface area contributed by atoms with Gasteiger partial charge in [0, 0.05) is 22.2 Å². The number of amides is 1. The van der Waals surface area contributed by atoms with E-state index in [0.29, 0.717) is 5.69 Å². The summed E-state index contributed by atoms with van der Waals surface area (Å²) in [5.41, 5.74) is 2.57. The van der Waals surface area contributed by atoms with Gasteiger partial charge in [-0.05, 0) is 36.1 Å². The van der Waals surface area contributed by atoms with E-state index in [4.69, 9.17) is 4.74 Å². The average Bonchev–Trinajstić information content (AvgIpc) is 3.21. The molecular formula is C22H19NO3S. The van der Waals surface area contributed by atoms with Crippen LogP contribution in [-0.4, -0.2) is 18.0 Å². The molecule has 27 heavy (non-hydrogen) atoms. The molecule has 4 nitrogen and oxygen atoms in total. The van der Waals surface area contributed by atoms with Crippen LogP contribution in [-0.2, 0) is 14.3 Å². The SMILES string of the molecule is C[C@H](OC(=O)/C=C/c1cccs1)C(=O)Nc1ccccc1-c1ccccc1. The van der Waals surface area contributed by atoms with E-state index in [9.17, 15) is 9.59 Å². The number of hydrogen-bond donors (Lipinski definition) is 1. The number of para-hydroxylation sites is 1. The molecule has 0 spiro atoms. The van der Waals surface area contributed by atoms with Crippen LogP contribution in [0.25, 0.3) is 17.2 Å². The van der Waals surface area contributed by atoms with Gasteiger partial charge in [0.05, 0.1) is 0 Å². The van der Waals surface area contributed by atoms with Crippen molar-refractivity contribution in [1.29, 1.82) is 0 Å². The normalized spacial score (nSPS) is 11.9. The standard InChI is InChI=1S/C22H19NO3S/c1-16(26-21(24)14-13-18-10-7-15-27-18)22(25)23-20-12-6-5-11-19(20)17-8-3-2-4-9-17/h2-16H,1H3,(H,23,25)/b14-13+/t16-/m0/s1. The molecule has 0 unspecified atom stereocenters. The second-order valence-corrected chi connectivity index (χ2v) is 6.81. The van der Waals surface area contributed by atoms with Gasteiger partial charge >= 0.3 is 5.97 Å². The molecule has 1 N–H and O–H groups in total. The van der Waals surface area contributed by atoms with E-state index >= 15 is 0 Å². The van der Waals surface area contributed by atoms with Gasteiger partial charge in [-0.25, -0.2) is 4.79 Å². The summed E-state index contributed by atoms with van der Waals surface area (Å²) in [5, 5.41) is 4.77. The van der Waals surface area contributed by atoms with Crippen molar-refractivity contribution in [2.24, 2.45) is 0 Å². The van der Waals surface area contributed by atoms with Gasteiger partial charge in [-0.3, -0.25) is 4.79 Å². The maximum Gasteiger partial charge on any atom is 0.331 e. The molecule has 1 atom stereocenters. The fourth-order valence-electron chi connectivity index (χ4n) is 2.50. The first-order valence-corrected chi connectivity index (χ1v) is 9.39. The summed E-state index contributed by atoms with van der Waals surface area (Å²) in [4.78, 5) is 25.3. The van der Waals surface area contributed by atoms with Gasteiger partial charge in [-0.2, -0.15) is 0 Å². The first kappa shape index (κ1) is 18.6. The fourth-order valence-corrected chi connectivity index (χ4v) is 3.12. The third-order valence-electron chi connectivity index (χ3n) is 3.86. The summed E-state index contributed by atoms with van der Waals surface area (Å²) in [6.07, 6.45) is 2.09. The molecule has 1 amide bonds. The fraction of sp³-hybridized carbons (Fsp3) is 0.0909. The Labute approximate surface area is 162 Å². The summed E-state index contributed by atoms with van der Waals surface area (Å²) in [6, 6.07) is 21.1. The van der Waals surface area contributed by atoms with E-state index in [0.717, 1.165) is 16.0 Å². The van der Waals surface area contributed by atoms with Gasteiger partial charge in [0.1, 0.15) is 0 Å². The van der Waals surface area contributed by atoms with Gasteiger partial charge in [0.25, 0.3) is 5.91 Å². The lowest BCUT2D eigenvalue weighted by molar-refractivity contribution is -0.148. The van der Waals surface area contributed by atoms with E-state index in [-0.39, 0.29) is 5.91 Å². The third kappa shape index (κ3) is 5.15. The van der Waals surface area contributed by atoms with E-state index in [1.54, 1.807) is 13.0 Å². The van der Waals surface area contributed by atoms with Gasteiger partial charge in [-0.15, -0.1) is 11.3 Å². The Kier molecular flexibility index (Phi) is 6.18. The molecule has 0 aliphatic heterocycles. The van der Waals surface area contributed by atoms with Gasteiger partial charge in [0.15, 0.2) is 6.10 Å². The largest absolute Gasteiger partial charge is 0.449 e. The number of thiophene rings is 1. The molecule has 0 fully saturated rings. The number of carbonyl (C=O) groups is 2.